The minimum Gasteiger partial charge on any atom is -0.348 e. The Hall–Kier alpha value is -1.95. The van der Waals surface area contributed by atoms with E-state index in [-0.39, 0.29) is 42.9 Å². The van der Waals surface area contributed by atoms with Crippen molar-refractivity contribution in [3.05, 3.63) is 75.6 Å². The molecule has 33 heavy (non-hydrogen) atoms. The molecule has 0 radical (unpaired) electrons. The summed E-state index contributed by atoms with van der Waals surface area (Å²) in [5.74, 6) is -0.498. The van der Waals surface area contributed by atoms with E-state index >= 15 is 0 Å². The Balaban J connectivity index is 1.59. The van der Waals surface area contributed by atoms with Gasteiger partial charge in [0.25, 0.3) is 5.91 Å². The van der Waals surface area contributed by atoms with Crippen LogP contribution in [0.3, 0.4) is 0 Å². The molecule has 2 aromatic rings. The standard InChI is InChI=1S/C21H23Cl2N3O5S2/c1-2-32(28,29)25-13-16-9-10-26(14-16)33(30,31)18-6-4-17(5-7-18)21(27)24-12-15-3-8-19(22)20(23)11-15/h2-8,11,16,25H,1,9-10,12-14H2,(H,24,27). The second-order valence-corrected chi connectivity index (χ2v) is 12.0. The molecule has 2 N–H and O–H groups in total. The largest absolute Gasteiger partial charge is 0.348 e. The number of nitrogens with zero attached hydrogens (tertiary/aromatic N) is 1. The van der Waals surface area contributed by atoms with Crippen LogP contribution in [0.15, 0.2) is 59.3 Å². The summed E-state index contributed by atoms with van der Waals surface area (Å²) < 4.78 is 52.6. The molecule has 0 saturated carbocycles. The number of hydrogen-bond acceptors (Lipinski definition) is 5. The van der Waals surface area contributed by atoms with Crippen LogP contribution in [0.1, 0.15) is 22.3 Å². The van der Waals surface area contributed by atoms with Crippen LogP contribution in [0.5, 0.6) is 0 Å². The zero-order valence-electron chi connectivity index (χ0n) is 17.5. The minimum absolute atomic E-state index is 0.0656. The number of amides is 1. The van der Waals surface area contributed by atoms with Gasteiger partial charge < -0.3 is 5.32 Å². The summed E-state index contributed by atoms with van der Waals surface area (Å²) in [4.78, 5) is 12.5. The van der Waals surface area contributed by atoms with Crippen molar-refractivity contribution in [2.75, 3.05) is 19.6 Å². The van der Waals surface area contributed by atoms with Gasteiger partial charge in [-0.25, -0.2) is 21.6 Å². The predicted molar refractivity (Wildman–Crippen MR) is 128 cm³/mol. The van der Waals surface area contributed by atoms with E-state index in [9.17, 15) is 21.6 Å². The number of hydrogen-bond donors (Lipinski definition) is 2. The van der Waals surface area contributed by atoms with Crippen molar-refractivity contribution in [3.8, 4) is 0 Å². The average molecular weight is 532 g/mol. The number of nitrogens with one attached hydrogen (secondary N) is 2. The molecule has 178 valence electrons. The van der Waals surface area contributed by atoms with Crippen molar-refractivity contribution in [2.24, 2.45) is 5.92 Å². The molecule has 1 saturated heterocycles. The number of halogens is 2. The highest BCUT2D eigenvalue weighted by atomic mass is 35.5. The lowest BCUT2D eigenvalue weighted by molar-refractivity contribution is 0.0950. The third-order valence-corrected chi connectivity index (χ3v) is 8.86. The third-order valence-electron chi connectivity index (χ3n) is 5.23. The number of carbonyl (C=O) groups is 1. The lowest BCUT2D eigenvalue weighted by Crippen LogP contribution is -2.32. The first-order valence-corrected chi connectivity index (χ1v) is 13.7. The maximum absolute atomic E-state index is 12.9. The fourth-order valence-corrected chi connectivity index (χ4v) is 5.77. The van der Waals surface area contributed by atoms with Crippen molar-refractivity contribution < 1.29 is 21.6 Å². The van der Waals surface area contributed by atoms with Crippen molar-refractivity contribution in [1.29, 1.82) is 0 Å². The highest BCUT2D eigenvalue weighted by molar-refractivity contribution is 7.92. The van der Waals surface area contributed by atoms with Gasteiger partial charge >= 0.3 is 0 Å². The number of sulfonamides is 2. The number of carbonyl (C=O) groups excluding carboxylic acids is 1. The van der Waals surface area contributed by atoms with E-state index in [1.54, 1.807) is 18.2 Å². The predicted octanol–water partition coefficient (Wildman–Crippen LogP) is 3.00. The normalized spacial score (nSPS) is 17.1. The van der Waals surface area contributed by atoms with Gasteiger partial charge in [0.1, 0.15) is 0 Å². The average Bonchev–Trinajstić information content (AvgIpc) is 3.28. The van der Waals surface area contributed by atoms with E-state index in [4.69, 9.17) is 23.2 Å². The SMILES string of the molecule is C=CS(=O)(=O)NCC1CCN(S(=O)(=O)c2ccc(C(=O)NCc3ccc(Cl)c(Cl)c3)cc2)C1. The fraction of sp³-hybridized carbons (Fsp3) is 0.286. The maximum atomic E-state index is 12.9. The molecule has 2 aromatic carbocycles. The maximum Gasteiger partial charge on any atom is 0.251 e. The Kier molecular flexibility index (Phi) is 8.20. The first-order chi connectivity index (χ1) is 15.5. The summed E-state index contributed by atoms with van der Waals surface area (Å²) >= 11 is 11.9. The van der Waals surface area contributed by atoms with E-state index < -0.39 is 20.0 Å². The molecule has 8 nitrogen and oxygen atoms in total. The quantitative estimate of drug-likeness (QED) is 0.516. The Morgan fingerprint density at radius 3 is 2.42 bits per heavy atom. The molecule has 0 bridgehead atoms. The second-order valence-electron chi connectivity index (χ2n) is 7.53. The Morgan fingerprint density at radius 2 is 1.79 bits per heavy atom. The lowest BCUT2D eigenvalue weighted by Gasteiger charge is -2.17. The summed E-state index contributed by atoms with van der Waals surface area (Å²) in [6.45, 7) is 4.09. The first kappa shape index (κ1) is 25.7. The monoisotopic (exact) mass is 531 g/mol. The van der Waals surface area contributed by atoms with Crippen LogP contribution < -0.4 is 10.0 Å². The van der Waals surface area contributed by atoms with E-state index in [0.29, 0.717) is 22.0 Å². The summed E-state index contributed by atoms with van der Waals surface area (Å²) in [7, 11) is -7.32. The summed E-state index contributed by atoms with van der Waals surface area (Å²) in [6, 6.07) is 10.7. The molecule has 1 amide bonds. The van der Waals surface area contributed by atoms with Gasteiger partial charge in [0, 0.05) is 37.2 Å². The molecule has 3 rings (SSSR count). The number of benzene rings is 2. The Morgan fingerprint density at radius 1 is 1.09 bits per heavy atom. The van der Waals surface area contributed by atoms with Gasteiger partial charge in [-0.1, -0.05) is 35.8 Å². The van der Waals surface area contributed by atoms with Gasteiger partial charge in [-0.05, 0) is 54.3 Å². The Labute approximate surface area is 203 Å². The molecule has 0 aliphatic carbocycles. The van der Waals surface area contributed by atoms with E-state index in [2.05, 4.69) is 16.6 Å². The molecule has 1 heterocycles. The summed E-state index contributed by atoms with van der Waals surface area (Å²) in [5.41, 5.74) is 1.09. The van der Waals surface area contributed by atoms with E-state index in [1.807, 2.05) is 0 Å². The van der Waals surface area contributed by atoms with Gasteiger partial charge in [-0.15, -0.1) is 0 Å². The van der Waals surface area contributed by atoms with Crippen molar-refractivity contribution in [2.45, 2.75) is 17.9 Å². The van der Waals surface area contributed by atoms with E-state index in [0.717, 1.165) is 11.0 Å². The molecule has 1 aliphatic heterocycles. The first-order valence-electron chi connectivity index (χ1n) is 9.96. The summed E-state index contributed by atoms with van der Waals surface area (Å²) in [5, 5.41) is 4.38. The van der Waals surface area contributed by atoms with E-state index in [1.165, 1.54) is 28.6 Å². The van der Waals surface area contributed by atoms with Gasteiger partial charge in [-0.3, -0.25) is 4.79 Å². The lowest BCUT2D eigenvalue weighted by atomic mass is 10.1. The van der Waals surface area contributed by atoms with Crippen LogP contribution in [0.25, 0.3) is 0 Å². The molecule has 0 aromatic heterocycles. The van der Waals surface area contributed by atoms with Gasteiger partial charge in [0.05, 0.1) is 14.9 Å². The molecule has 12 heteroatoms. The van der Waals surface area contributed by atoms with Crippen LogP contribution in [-0.4, -0.2) is 46.7 Å². The summed E-state index contributed by atoms with van der Waals surface area (Å²) in [6.07, 6.45) is 0.536. The molecule has 1 atom stereocenters. The highest BCUT2D eigenvalue weighted by Crippen LogP contribution is 2.25. The van der Waals surface area contributed by atoms with Gasteiger partial charge in [0.15, 0.2) is 0 Å². The minimum atomic E-state index is -3.76. The van der Waals surface area contributed by atoms with Crippen LogP contribution in [-0.2, 0) is 26.6 Å². The van der Waals surface area contributed by atoms with Crippen LogP contribution in [0, 0.1) is 5.92 Å². The zero-order valence-corrected chi connectivity index (χ0v) is 20.6. The van der Waals surface area contributed by atoms with Crippen molar-refractivity contribution in [1.82, 2.24) is 14.3 Å². The second kappa shape index (κ2) is 10.5. The molecule has 1 unspecified atom stereocenters. The Bertz CT molecular complexity index is 1250. The van der Waals surface area contributed by atoms with Crippen LogP contribution >= 0.6 is 23.2 Å². The van der Waals surface area contributed by atoms with Crippen molar-refractivity contribution >= 4 is 49.2 Å². The molecular weight excluding hydrogens is 509 g/mol. The number of rotatable bonds is 9. The fourth-order valence-electron chi connectivity index (χ4n) is 3.34. The smallest absolute Gasteiger partial charge is 0.251 e. The molecule has 1 aliphatic rings. The van der Waals surface area contributed by atoms with Crippen LogP contribution in [0.2, 0.25) is 10.0 Å². The van der Waals surface area contributed by atoms with Crippen molar-refractivity contribution in [3.63, 3.8) is 0 Å². The highest BCUT2D eigenvalue weighted by Gasteiger charge is 2.32. The molecular formula is C21H23Cl2N3O5S2. The zero-order chi connectivity index (χ0) is 24.2. The topological polar surface area (TPSA) is 113 Å². The molecule has 1 fully saturated rings. The van der Waals surface area contributed by atoms with Crippen LogP contribution in [0.4, 0.5) is 0 Å². The third kappa shape index (κ3) is 6.56. The van der Waals surface area contributed by atoms with Gasteiger partial charge in [0.2, 0.25) is 20.0 Å². The molecule has 0 spiro atoms. The van der Waals surface area contributed by atoms with Gasteiger partial charge in [-0.2, -0.15) is 4.31 Å².